The van der Waals surface area contributed by atoms with Crippen LogP contribution in [0.3, 0.4) is 0 Å². The van der Waals surface area contributed by atoms with Gasteiger partial charge >= 0.3 is 48.6 Å². The Morgan fingerprint density at radius 3 is 1.11 bits per heavy atom. The summed E-state index contributed by atoms with van der Waals surface area (Å²) < 4.78 is 49.2. The van der Waals surface area contributed by atoms with Gasteiger partial charge in [0.05, 0.1) is 0 Å². The molecule has 4 nitrogen and oxygen atoms in total. The van der Waals surface area contributed by atoms with Gasteiger partial charge in [-0.25, -0.2) is 0 Å². The van der Waals surface area contributed by atoms with Crippen molar-refractivity contribution in [1.82, 2.24) is 10.0 Å². The summed E-state index contributed by atoms with van der Waals surface area (Å²) in [6.07, 6.45) is 13.4. The molecule has 1 aliphatic carbocycles. The van der Waals surface area contributed by atoms with Gasteiger partial charge in [-0.15, -0.1) is 5.73 Å². The third-order valence-corrected chi connectivity index (χ3v) is 1.36. The van der Waals surface area contributed by atoms with E-state index in [2.05, 4.69) is 30.0 Å². The van der Waals surface area contributed by atoms with Crippen molar-refractivity contribution in [1.29, 1.82) is 0 Å². The first-order valence-corrected chi connectivity index (χ1v) is 8.32. The molecule has 1 aliphatic rings. The predicted octanol–water partition coefficient (Wildman–Crippen LogP) is 4.45. The molecule has 0 saturated heterocycles. The van der Waals surface area contributed by atoms with Gasteiger partial charge in [-0.2, -0.15) is 0 Å². The first kappa shape index (κ1) is 45.5. The minimum absolute atomic E-state index is 0. The Kier molecular flexibility index (Phi) is 43.3. The van der Waals surface area contributed by atoms with Crippen LogP contribution in [0.4, 0.5) is 21.0 Å². The number of rotatable bonds is 0. The summed E-state index contributed by atoms with van der Waals surface area (Å²) in [5.41, 5.74) is 3.14. The molecule has 27 heavy (non-hydrogen) atoms. The van der Waals surface area contributed by atoms with Crippen LogP contribution in [0.1, 0.15) is 25.7 Å². The van der Waals surface area contributed by atoms with Gasteiger partial charge < -0.3 is 41.3 Å². The summed E-state index contributed by atoms with van der Waals surface area (Å²) >= 11 is 0. The molecule has 0 heterocycles. The van der Waals surface area contributed by atoms with Crippen LogP contribution in [0.25, 0.3) is 11.7 Å². The van der Waals surface area contributed by atoms with Crippen molar-refractivity contribution in [3.8, 4) is 0 Å². The molecule has 2 N–H and O–H groups in total. The van der Waals surface area contributed by atoms with Gasteiger partial charge in [0.15, 0.2) is 0 Å². The maximum absolute atomic E-state index is 9.84. The Morgan fingerprint density at radius 2 is 0.926 bits per heavy atom. The number of hydrogen-bond donors (Lipinski definition) is 0. The fraction of sp³-hybridized carbons (Fsp3) is 0.533. The van der Waals surface area contributed by atoms with Crippen molar-refractivity contribution in [3.63, 3.8) is 0 Å². The molecule has 0 aromatic carbocycles. The van der Waals surface area contributed by atoms with Crippen molar-refractivity contribution in [3.05, 3.63) is 56.6 Å². The van der Waals surface area contributed by atoms with Crippen molar-refractivity contribution in [2.45, 2.75) is 25.7 Å². The van der Waals surface area contributed by atoms with E-state index in [0.717, 1.165) is 12.8 Å². The summed E-state index contributed by atoms with van der Waals surface area (Å²) in [6.45, 7) is 0. The summed E-state index contributed by atoms with van der Waals surface area (Å²) in [4.78, 5) is 0. The Bertz CT molecular complexity index is 327. The summed E-state index contributed by atoms with van der Waals surface area (Å²) in [5, 5.41) is 2.50. The van der Waals surface area contributed by atoms with Crippen LogP contribution < -0.4 is 4.70 Å². The van der Waals surface area contributed by atoms with E-state index < -0.39 is 8.16 Å². The van der Waals surface area contributed by atoms with E-state index in [1.165, 1.54) is 22.9 Å². The summed E-state index contributed by atoms with van der Waals surface area (Å²) in [5.74, 6) is 12.8. The van der Waals surface area contributed by atoms with E-state index >= 15 is 0 Å². The molecule has 1 rings (SSSR count). The Morgan fingerprint density at radius 1 is 0.741 bits per heavy atom. The van der Waals surface area contributed by atoms with E-state index in [-0.39, 0.29) is 39.0 Å². The molecule has 0 amide bonds. The summed E-state index contributed by atoms with van der Waals surface area (Å²) in [7, 11) is -1.88. The third-order valence-electron chi connectivity index (χ3n) is 1.36. The van der Waals surface area contributed by atoms with E-state index in [1.807, 2.05) is 0 Å². The SMILES string of the molecule is C1=CCC/C=C\CCC=1.CN(C)[NH-].CN(C)[NH-].FP(F)(F)(F)F.[CH3-].[CH3-].[F-].[RuH]. The number of allylic oxidation sites excluding steroid dienone is 3. The van der Waals surface area contributed by atoms with E-state index in [4.69, 9.17) is 11.7 Å². The van der Waals surface area contributed by atoms with Crippen molar-refractivity contribution >= 4 is 8.16 Å². The average Bonchev–Trinajstić information content (AvgIpc) is 2.38. The third kappa shape index (κ3) is 190. The molecule has 12 heteroatoms. The molecule has 0 atom stereocenters. The molecule has 0 radical (unpaired) electrons. The molecule has 0 aliphatic heterocycles. The quantitative estimate of drug-likeness (QED) is 0.0911. The Balaban J connectivity index is -0.0000000400. The first-order chi connectivity index (χ1) is 10.2. The van der Waals surface area contributed by atoms with Crippen LogP contribution in [-0.4, -0.2) is 38.2 Å². The van der Waals surface area contributed by atoms with Gasteiger partial charge in [0.2, 0.25) is 0 Å². The number of nitrogens with one attached hydrogen (secondary N) is 2. The second-order valence-corrected chi connectivity index (χ2v) is 5.91. The molecule has 0 fully saturated rings. The van der Waals surface area contributed by atoms with Gasteiger partial charge in [-0.05, 0) is 66.0 Å². The second kappa shape index (κ2) is 25.7. The van der Waals surface area contributed by atoms with E-state index in [1.54, 1.807) is 28.2 Å². The van der Waals surface area contributed by atoms with Crippen molar-refractivity contribution in [2.75, 3.05) is 28.2 Å². The van der Waals surface area contributed by atoms with E-state index in [9.17, 15) is 21.0 Å². The topological polar surface area (TPSA) is 54.1 Å². The molecule has 0 aromatic heterocycles. The van der Waals surface area contributed by atoms with Crippen molar-refractivity contribution < 1.29 is 45.2 Å². The standard InChI is InChI=1S/C9H12.2C2H7N2.2CH3.F5P.FH.Ru.H/c1-2-4-6-8-9-7-5-3-1;2*1-4(2)3;;;1-6(2,3,4)5;;;/h1-2,7-8H,3-6H2;2*3H,1-2H3;2*1H3;;1H;;/q;4*-1;;;;/p-1/b2-1-;;;;;;;;. The molecular formula is C15H33F6N4PRu-5. The predicted molar refractivity (Wildman–Crippen MR) is 103 cm³/mol. The van der Waals surface area contributed by atoms with Crippen LogP contribution in [0.2, 0.25) is 0 Å². The van der Waals surface area contributed by atoms with E-state index in [0.29, 0.717) is 0 Å². The summed E-state index contributed by atoms with van der Waals surface area (Å²) in [6, 6.07) is 0. The Hall–Kier alpha value is -0.267. The average molecular weight is 515 g/mol. The first-order valence-electron chi connectivity index (χ1n) is 6.62. The zero-order chi connectivity index (χ0) is 19.0. The molecular weight excluding hydrogens is 482 g/mol. The normalized spacial score (nSPS) is 14.3. The zero-order valence-electron chi connectivity index (χ0n) is 16.6. The minimum atomic E-state index is -8.55. The molecule has 173 valence electrons. The van der Waals surface area contributed by atoms with Gasteiger partial charge in [0, 0.05) is 0 Å². The van der Waals surface area contributed by atoms with Crippen LogP contribution in [0.15, 0.2) is 30.0 Å². The number of hydrogen-bond acceptors (Lipinski definition) is 2. The molecule has 0 spiro atoms. The van der Waals surface area contributed by atoms with Gasteiger partial charge in [0.25, 0.3) is 0 Å². The number of nitrogens with zero attached hydrogens (tertiary/aromatic N) is 2. The van der Waals surface area contributed by atoms with Crippen LogP contribution in [0, 0.1) is 14.9 Å². The van der Waals surface area contributed by atoms with Crippen molar-refractivity contribution in [2.24, 2.45) is 0 Å². The van der Waals surface area contributed by atoms with Gasteiger partial charge in [-0.1, -0.05) is 12.2 Å². The fourth-order valence-corrected chi connectivity index (χ4v) is 0.845. The molecule has 0 saturated carbocycles. The fourth-order valence-electron chi connectivity index (χ4n) is 0.845. The monoisotopic (exact) mass is 516 g/mol. The maximum atomic E-state index is 9.84. The number of halogens is 6. The Labute approximate surface area is 174 Å². The van der Waals surface area contributed by atoms with Crippen LogP contribution in [-0.2, 0) is 19.5 Å². The van der Waals surface area contributed by atoms with Gasteiger partial charge in [0.1, 0.15) is 0 Å². The van der Waals surface area contributed by atoms with Crippen LogP contribution >= 0.6 is 8.16 Å². The van der Waals surface area contributed by atoms with Gasteiger partial charge in [-0.3, -0.25) is 0 Å². The second-order valence-electron chi connectivity index (χ2n) is 4.63. The zero-order valence-corrected chi connectivity index (χ0v) is 19.4. The van der Waals surface area contributed by atoms with Crippen LogP contribution in [0.5, 0.6) is 0 Å². The molecule has 0 aromatic rings. The molecule has 0 bridgehead atoms. The molecule has 0 unspecified atom stereocenters.